The largest absolute Gasteiger partial charge is 0.390 e. The van der Waals surface area contributed by atoms with Crippen molar-refractivity contribution < 1.29 is 9.53 Å². The van der Waals surface area contributed by atoms with Crippen LogP contribution in [0, 0.1) is 20.8 Å². The fourth-order valence-electron chi connectivity index (χ4n) is 4.30. The molecule has 0 saturated heterocycles. The van der Waals surface area contributed by atoms with Crippen LogP contribution in [0.1, 0.15) is 64.9 Å². The lowest BCUT2D eigenvalue weighted by Crippen LogP contribution is -2.48. The molecule has 2 nitrogen and oxygen atoms in total. The molecule has 0 aliphatic heterocycles. The molecule has 2 rings (SSSR count). The van der Waals surface area contributed by atoms with E-state index in [1.54, 1.807) is 0 Å². The molecule has 0 amide bonds. The van der Waals surface area contributed by atoms with E-state index in [9.17, 15) is 5.11 Å². The highest BCUT2D eigenvalue weighted by Gasteiger charge is 2.47. The number of benzene rings is 1. The minimum absolute atomic E-state index is 0.0194. The SMILES string of the molecule is C[SiH](C)OC(O)(c1ccccc1I)C(CC1CCCCC1)C(C)(C)C. The molecule has 142 valence electrons. The predicted octanol–water partition coefficient (Wildman–Crippen LogP) is 6.07. The quantitative estimate of drug-likeness (QED) is 0.308. The fourth-order valence-corrected chi connectivity index (χ4v) is 6.08. The van der Waals surface area contributed by atoms with Crippen LogP contribution >= 0.6 is 22.6 Å². The molecule has 1 aliphatic rings. The average Bonchev–Trinajstić information content (AvgIpc) is 2.52. The minimum Gasteiger partial charge on any atom is -0.390 e. The Labute approximate surface area is 169 Å². The molecule has 1 saturated carbocycles. The number of aliphatic hydroxyl groups is 1. The van der Waals surface area contributed by atoms with E-state index in [0.717, 1.165) is 15.6 Å². The molecule has 25 heavy (non-hydrogen) atoms. The van der Waals surface area contributed by atoms with Crippen molar-refractivity contribution >= 4 is 31.6 Å². The van der Waals surface area contributed by atoms with Crippen molar-refractivity contribution in [2.24, 2.45) is 17.3 Å². The van der Waals surface area contributed by atoms with Gasteiger partial charge in [0.05, 0.1) is 0 Å². The van der Waals surface area contributed by atoms with Crippen molar-refractivity contribution in [3.8, 4) is 0 Å². The molecule has 0 radical (unpaired) electrons. The zero-order valence-electron chi connectivity index (χ0n) is 16.5. The number of hydrogen-bond acceptors (Lipinski definition) is 2. The van der Waals surface area contributed by atoms with E-state index in [0.29, 0.717) is 5.92 Å². The van der Waals surface area contributed by atoms with Crippen molar-refractivity contribution in [3.05, 3.63) is 33.4 Å². The molecule has 1 N–H and O–H groups in total. The van der Waals surface area contributed by atoms with Gasteiger partial charge in [0.1, 0.15) is 0 Å². The van der Waals surface area contributed by atoms with Crippen LogP contribution in [-0.4, -0.2) is 14.1 Å². The van der Waals surface area contributed by atoms with E-state index in [2.05, 4.69) is 68.6 Å². The molecule has 0 heterocycles. The summed E-state index contributed by atoms with van der Waals surface area (Å²) in [7, 11) is -1.42. The smallest absolute Gasteiger partial charge is 0.187 e. The minimum atomic E-state index is -1.42. The number of hydrogen-bond donors (Lipinski definition) is 1. The van der Waals surface area contributed by atoms with Crippen LogP contribution in [0.5, 0.6) is 0 Å². The lowest BCUT2D eigenvalue weighted by Gasteiger charge is -2.46. The summed E-state index contributed by atoms with van der Waals surface area (Å²) in [4.78, 5) is 0. The third-order valence-electron chi connectivity index (χ3n) is 5.49. The average molecular weight is 474 g/mol. The molecule has 0 bridgehead atoms. The lowest BCUT2D eigenvalue weighted by atomic mass is 9.67. The Morgan fingerprint density at radius 1 is 1.16 bits per heavy atom. The van der Waals surface area contributed by atoms with Crippen molar-refractivity contribution in [2.75, 3.05) is 0 Å². The van der Waals surface area contributed by atoms with Gasteiger partial charge in [-0.15, -0.1) is 0 Å². The summed E-state index contributed by atoms with van der Waals surface area (Å²) < 4.78 is 7.52. The predicted molar refractivity (Wildman–Crippen MR) is 117 cm³/mol. The number of rotatable bonds is 6. The summed E-state index contributed by atoms with van der Waals surface area (Å²) in [6.45, 7) is 11.1. The zero-order chi connectivity index (χ0) is 18.7. The molecule has 1 aromatic carbocycles. The summed E-state index contributed by atoms with van der Waals surface area (Å²) in [5.41, 5.74) is 0.932. The van der Waals surface area contributed by atoms with Crippen molar-refractivity contribution in [1.82, 2.24) is 0 Å². The first-order chi connectivity index (χ1) is 11.6. The summed E-state index contributed by atoms with van der Waals surface area (Å²) in [5.74, 6) is -0.384. The van der Waals surface area contributed by atoms with E-state index in [4.69, 9.17) is 4.43 Å². The van der Waals surface area contributed by atoms with Crippen LogP contribution < -0.4 is 0 Å². The molecule has 1 fully saturated rings. The summed E-state index contributed by atoms with van der Waals surface area (Å²) in [6, 6.07) is 8.18. The van der Waals surface area contributed by atoms with Gasteiger partial charge in [0.25, 0.3) is 0 Å². The highest BCUT2D eigenvalue weighted by molar-refractivity contribution is 14.1. The standard InChI is InChI=1S/C21H35IO2Si/c1-20(2,3)19(15-16-11-7-6-8-12-16)21(23,24-25(4)5)17-13-9-10-14-18(17)22/h9-10,13-14,16,19,23,25H,6-8,11-12,15H2,1-5H3. The topological polar surface area (TPSA) is 29.5 Å². The van der Waals surface area contributed by atoms with Crippen molar-refractivity contribution in [1.29, 1.82) is 0 Å². The Morgan fingerprint density at radius 3 is 2.28 bits per heavy atom. The summed E-state index contributed by atoms with van der Waals surface area (Å²) >= 11 is 2.34. The Hall–Kier alpha value is 0.0869. The highest BCUT2D eigenvalue weighted by Crippen LogP contribution is 2.48. The van der Waals surface area contributed by atoms with Crippen LogP contribution in [0.15, 0.2) is 24.3 Å². The van der Waals surface area contributed by atoms with Gasteiger partial charge in [0.15, 0.2) is 14.8 Å². The highest BCUT2D eigenvalue weighted by atomic mass is 127. The molecule has 0 aromatic heterocycles. The van der Waals surface area contributed by atoms with Crippen LogP contribution in [0.4, 0.5) is 0 Å². The fraction of sp³-hybridized carbons (Fsp3) is 0.714. The van der Waals surface area contributed by atoms with Crippen molar-refractivity contribution in [2.45, 2.75) is 78.2 Å². The van der Waals surface area contributed by atoms with Gasteiger partial charge in [0, 0.05) is 15.1 Å². The van der Waals surface area contributed by atoms with E-state index >= 15 is 0 Å². The summed E-state index contributed by atoms with van der Waals surface area (Å²) in [6.07, 6.45) is 7.69. The maximum Gasteiger partial charge on any atom is 0.187 e. The Balaban J connectivity index is 2.44. The first-order valence-corrected chi connectivity index (χ1v) is 13.7. The van der Waals surface area contributed by atoms with Crippen LogP contribution in [0.2, 0.25) is 13.1 Å². The normalized spacial score (nSPS) is 20.5. The van der Waals surface area contributed by atoms with E-state index in [-0.39, 0.29) is 11.3 Å². The van der Waals surface area contributed by atoms with Crippen LogP contribution in [0.25, 0.3) is 0 Å². The molecule has 2 unspecified atom stereocenters. The second-order valence-electron chi connectivity index (χ2n) is 9.00. The van der Waals surface area contributed by atoms with Gasteiger partial charge in [-0.2, -0.15) is 0 Å². The van der Waals surface area contributed by atoms with Gasteiger partial charge < -0.3 is 9.53 Å². The molecule has 1 aromatic rings. The third-order valence-corrected chi connectivity index (χ3v) is 7.26. The van der Waals surface area contributed by atoms with Crippen molar-refractivity contribution in [3.63, 3.8) is 0 Å². The van der Waals surface area contributed by atoms with Gasteiger partial charge in [-0.25, -0.2) is 0 Å². The molecule has 0 spiro atoms. The van der Waals surface area contributed by atoms with Gasteiger partial charge in [-0.3, -0.25) is 0 Å². The van der Waals surface area contributed by atoms with E-state index < -0.39 is 14.8 Å². The third kappa shape index (κ3) is 5.53. The van der Waals surface area contributed by atoms with Gasteiger partial charge in [0.2, 0.25) is 0 Å². The van der Waals surface area contributed by atoms with E-state index in [1.165, 1.54) is 32.1 Å². The maximum absolute atomic E-state index is 12.0. The monoisotopic (exact) mass is 474 g/mol. The molecular weight excluding hydrogens is 439 g/mol. The first-order valence-electron chi connectivity index (χ1n) is 9.79. The number of halogens is 1. The Morgan fingerprint density at radius 2 is 1.76 bits per heavy atom. The van der Waals surface area contributed by atoms with Gasteiger partial charge in [-0.05, 0) is 59.5 Å². The second kappa shape index (κ2) is 8.85. The molecular formula is C21H35IO2Si. The van der Waals surface area contributed by atoms with Crippen LogP contribution in [-0.2, 0) is 10.2 Å². The lowest BCUT2D eigenvalue weighted by molar-refractivity contribution is -0.221. The summed E-state index contributed by atoms with van der Waals surface area (Å²) in [5, 5.41) is 12.0. The maximum atomic E-state index is 12.0. The van der Waals surface area contributed by atoms with E-state index in [1.807, 2.05) is 12.1 Å². The Kier molecular flexibility index (Phi) is 7.57. The molecule has 4 heteroatoms. The van der Waals surface area contributed by atoms with Gasteiger partial charge in [-0.1, -0.05) is 71.1 Å². The molecule has 1 aliphatic carbocycles. The van der Waals surface area contributed by atoms with Crippen LogP contribution in [0.3, 0.4) is 0 Å². The molecule has 2 atom stereocenters. The Bertz CT molecular complexity index is 549. The zero-order valence-corrected chi connectivity index (χ0v) is 19.8. The first kappa shape index (κ1) is 21.4. The van der Waals surface area contributed by atoms with Gasteiger partial charge >= 0.3 is 0 Å². The second-order valence-corrected chi connectivity index (χ2v) is 12.5.